The van der Waals surface area contributed by atoms with Gasteiger partial charge in [0.05, 0.1) is 6.54 Å². The number of allylic oxidation sites excluding steroid dienone is 1. The second kappa shape index (κ2) is 16.8. The number of nitrogens with zero attached hydrogens (tertiary/aromatic N) is 4. The molecule has 58 heavy (non-hydrogen) atoms. The number of fused-ring (bicyclic) bond motifs is 3. The number of rotatable bonds is 7. The first kappa shape index (κ1) is 41.9. The topological polar surface area (TPSA) is 187 Å². The Kier molecular flexibility index (Phi) is 12.1. The van der Waals surface area contributed by atoms with E-state index in [0.717, 1.165) is 49.9 Å². The van der Waals surface area contributed by atoms with Crippen molar-refractivity contribution in [2.24, 2.45) is 5.92 Å². The van der Waals surface area contributed by atoms with Crippen molar-refractivity contribution in [2.45, 2.75) is 146 Å². The molecule has 2 saturated heterocycles. The van der Waals surface area contributed by atoms with Gasteiger partial charge in [0.2, 0.25) is 11.8 Å². The predicted molar refractivity (Wildman–Crippen MR) is 213 cm³/mol. The van der Waals surface area contributed by atoms with Crippen LogP contribution in [0.4, 0.5) is 9.59 Å². The number of amides is 5. The Labute approximate surface area is 341 Å². The zero-order chi connectivity index (χ0) is 41.4. The van der Waals surface area contributed by atoms with Crippen LogP contribution in [0.5, 0.6) is 0 Å². The van der Waals surface area contributed by atoms with Crippen molar-refractivity contribution in [3.05, 3.63) is 47.5 Å². The highest BCUT2D eigenvalue weighted by atomic mass is 32.2. The second-order valence-electron chi connectivity index (χ2n) is 17.9. The number of carbonyl (C=O) groups is 5. The van der Waals surface area contributed by atoms with E-state index in [2.05, 4.69) is 20.3 Å². The molecule has 4 fully saturated rings. The molecule has 2 aliphatic carbocycles. The number of hydrogen-bond acceptors (Lipinski definition) is 10. The highest BCUT2D eigenvalue weighted by Crippen LogP contribution is 2.46. The molecule has 0 aromatic heterocycles. The SMILES string of the molecule is CN1CCC(N(C2CC2)S(=O)(=O)NC(=O)[C@@]23C[C@@H]2/C=C\CCCCC[C@H](NC(=O)OC(C)(C)C)C(=O)N2C[C@H](OC(=O)N4Cc5ccccc5C4)C[C@H]2C(=O)N3)CC1. The van der Waals surface area contributed by atoms with E-state index in [1.54, 1.807) is 25.7 Å². The van der Waals surface area contributed by atoms with E-state index in [0.29, 0.717) is 38.8 Å². The van der Waals surface area contributed by atoms with E-state index in [-0.39, 0.29) is 37.9 Å². The molecule has 1 aromatic carbocycles. The average molecular weight is 826 g/mol. The van der Waals surface area contributed by atoms with Gasteiger partial charge in [-0.15, -0.1) is 0 Å². The van der Waals surface area contributed by atoms with Crippen LogP contribution >= 0.6 is 0 Å². The summed E-state index contributed by atoms with van der Waals surface area (Å²) >= 11 is 0. The lowest BCUT2D eigenvalue weighted by Crippen LogP contribution is -2.60. The Morgan fingerprint density at radius 2 is 1.62 bits per heavy atom. The second-order valence-corrected chi connectivity index (χ2v) is 19.5. The zero-order valence-corrected chi connectivity index (χ0v) is 34.9. The van der Waals surface area contributed by atoms with E-state index in [4.69, 9.17) is 9.47 Å². The van der Waals surface area contributed by atoms with E-state index in [9.17, 15) is 32.4 Å². The number of nitrogens with one attached hydrogen (secondary N) is 3. The number of alkyl carbamates (subject to hydrolysis) is 1. The molecule has 4 aliphatic heterocycles. The van der Waals surface area contributed by atoms with Crippen molar-refractivity contribution in [3.8, 4) is 0 Å². The van der Waals surface area contributed by atoms with E-state index in [1.165, 1.54) is 9.21 Å². The molecule has 318 valence electrons. The maximum Gasteiger partial charge on any atom is 0.410 e. The first-order valence-corrected chi connectivity index (χ1v) is 22.3. The summed E-state index contributed by atoms with van der Waals surface area (Å²) < 4.78 is 43.4. The summed E-state index contributed by atoms with van der Waals surface area (Å²) in [4.78, 5) is 74.9. The van der Waals surface area contributed by atoms with Crippen molar-refractivity contribution in [3.63, 3.8) is 0 Å². The van der Waals surface area contributed by atoms with Crippen LogP contribution in [-0.4, -0.2) is 125 Å². The maximum atomic E-state index is 14.5. The Morgan fingerprint density at radius 3 is 2.28 bits per heavy atom. The lowest BCUT2D eigenvalue weighted by molar-refractivity contribution is -0.141. The van der Waals surface area contributed by atoms with Crippen molar-refractivity contribution in [1.29, 1.82) is 0 Å². The highest BCUT2D eigenvalue weighted by Gasteiger charge is 2.62. The molecular formula is C41H59N7O9S. The van der Waals surface area contributed by atoms with Crippen LogP contribution in [0, 0.1) is 5.92 Å². The molecule has 2 saturated carbocycles. The van der Waals surface area contributed by atoms with Gasteiger partial charge in [0, 0.05) is 37.5 Å². The van der Waals surface area contributed by atoms with Crippen molar-refractivity contribution in [2.75, 3.05) is 26.7 Å². The van der Waals surface area contributed by atoms with Gasteiger partial charge in [0.1, 0.15) is 29.3 Å². The van der Waals surface area contributed by atoms with Crippen molar-refractivity contribution in [1.82, 2.24) is 34.4 Å². The maximum absolute atomic E-state index is 14.5. The minimum Gasteiger partial charge on any atom is -0.444 e. The minimum atomic E-state index is -4.27. The van der Waals surface area contributed by atoms with E-state index >= 15 is 0 Å². The molecule has 0 unspecified atom stereocenters. The predicted octanol–water partition coefficient (Wildman–Crippen LogP) is 3.32. The molecule has 1 aromatic rings. The van der Waals surface area contributed by atoms with Crippen LogP contribution < -0.4 is 15.4 Å². The van der Waals surface area contributed by atoms with Crippen LogP contribution in [-0.2, 0) is 47.2 Å². The van der Waals surface area contributed by atoms with Gasteiger partial charge in [-0.2, -0.15) is 12.7 Å². The lowest BCUT2D eigenvalue weighted by atomic mass is 10.0. The van der Waals surface area contributed by atoms with Gasteiger partial charge in [-0.05, 0) is 103 Å². The molecule has 17 heteroatoms. The van der Waals surface area contributed by atoms with Crippen molar-refractivity contribution < 1.29 is 41.9 Å². The fourth-order valence-corrected chi connectivity index (χ4v) is 10.6. The molecule has 3 N–H and O–H groups in total. The number of carbonyl (C=O) groups excluding carboxylic acids is 5. The third-order valence-corrected chi connectivity index (χ3v) is 13.8. The first-order valence-electron chi connectivity index (χ1n) is 20.9. The number of benzene rings is 1. The Morgan fingerprint density at radius 1 is 0.948 bits per heavy atom. The van der Waals surface area contributed by atoms with Gasteiger partial charge in [-0.1, -0.05) is 49.3 Å². The van der Waals surface area contributed by atoms with Crippen LogP contribution in [0.3, 0.4) is 0 Å². The van der Waals surface area contributed by atoms with Gasteiger partial charge in [-0.3, -0.25) is 19.3 Å². The summed E-state index contributed by atoms with van der Waals surface area (Å²) in [5, 5.41) is 5.63. The number of ether oxygens (including phenoxy) is 2. The Balaban J connectivity index is 1.13. The summed E-state index contributed by atoms with van der Waals surface area (Å²) in [6.07, 6.45) is 7.51. The fourth-order valence-electron chi connectivity index (χ4n) is 8.82. The number of hydrogen-bond donors (Lipinski definition) is 3. The molecule has 7 rings (SSSR count). The molecular weight excluding hydrogens is 767 g/mol. The smallest absolute Gasteiger partial charge is 0.410 e. The van der Waals surface area contributed by atoms with Gasteiger partial charge in [0.15, 0.2) is 0 Å². The molecule has 6 aliphatic rings. The molecule has 0 radical (unpaired) electrons. The van der Waals surface area contributed by atoms with Gasteiger partial charge < -0.3 is 29.9 Å². The first-order chi connectivity index (χ1) is 27.5. The quantitative estimate of drug-likeness (QED) is 0.345. The molecule has 0 bridgehead atoms. The summed E-state index contributed by atoms with van der Waals surface area (Å²) in [7, 11) is -2.27. The third-order valence-electron chi connectivity index (χ3n) is 12.2. The van der Waals surface area contributed by atoms with Crippen LogP contribution in [0.25, 0.3) is 0 Å². The molecule has 5 amide bonds. The summed E-state index contributed by atoms with van der Waals surface area (Å²) in [5.74, 6) is -2.52. The van der Waals surface area contributed by atoms with Gasteiger partial charge in [0.25, 0.3) is 5.91 Å². The monoisotopic (exact) mass is 825 g/mol. The Hall–Kier alpha value is -4.22. The highest BCUT2D eigenvalue weighted by molar-refractivity contribution is 7.87. The molecule has 0 spiro atoms. The number of piperidine rings is 1. The van der Waals surface area contributed by atoms with Crippen LogP contribution in [0.2, 0.25) is 0 Å². The van der Waals surface area contributed by atoms with E-state index < -0.39 is 75.4 Å². The summed E-state index contributed by atoms with van der Waals surface area (Å²) in [5.41, 5.74) is -0.388. The van der Waals surface area contributed by atoms with Crippen LogP contribution in [0.15, 0.2) is 36.4 Å². The zero-order valence-electron chi connectivity index (χ0n) is 34.1. The largest absolute Gasteiger partial charge is 0.444 e. The molecule has 4 heterocycles. The Bertz CT molecular complexity index is 1870. The van der Waals surface area contributed by atoms with Crippen molar-refractivity contribution >= 4 is 40.1 Å². The lowest BCUT2D eigenvalue weighted by Gasteiger charge is -2.36. The number of likely N-dealkylation sites (tertiary alicyclic amines) is 1. The third kappa shape index (κ3) is 9.63. The van der Waals surface area contributed by atoms with Crippen LogP contribution in [0.1, 0.15) is 103 Å². The van der Waals surface area contributed by atoms with Gasteiger partial charge in [-0.25, -0.2) is 14.3 Å². The fraction of sp³-hybridized carbons (Fsp3) is 0.683. The standard InChI is InChI=1S/C41H59N7O9S/c1-40(2,3)57-38(52)42-33-15-9-7-5-6-8-14-29-23-41(29,37(51)44-58(54,55)48(30-16-17-30)31-18-20-45(4)21-19-31)43-35(49)34-22-32(26-47(34)36(33)50)56-39(53)46-24-27-12-10-11-13-28(27)25-46/h8,10-14,29-34H,5-7,9,15-26H2,1-4H3,(H,42,52)(H,43,49)(H,44,51)/b14-8-/t29-,32+,33-,34-,41+/m0/s1. The summed E-state index contributed by atoms with van der Waals surface area (Å²) in [6.45, 7) is 7.25. The minimum absolute atomic E-state index is 0.0641. The average Bonchev–Trinajstić information content (AvgIpc) is 4.01. The van der Waals surface area contributed by atoms with Gasteiger partial charge >= 0.3 is 22.4 Å². The molecule has 5 atom stereocenters. The molecule has 16 nitrogen and oxygen atoms in total. The normalized spacial score (nSPS) is 29.3. The van der Waals surface area contributed by atoms with E-state index in [1.807, 2.05) is 43.5 Å². The summed E-state index contributed by atoms with van der Waals surface area (Å²) in [6, 6.07) is 5.06.